The number of ketones is 1. The van der Waals surface area contributed by atoms with Crippen molar-refractivity contribution in [3.8, 4) is 0 Å². The molecule has 1 rings (SSSR count). The predicted molar refractivity (Wildman–Crippen MR) is 53.4 cm³/mol. The van der Waals surface area contributed by atoms with Gasteiger partial charge in [-0.1, -0.05) is 0 Å². The van der Waals surface area contributed by atoms with Crippen molar-refractivity contribution in [2.45, 2.75) is 6.18 Å². The van der Waals surface area contributed by atoms with Crippen LogP contribution < -0.4 is 0 Å². The minimum absolute atomic E-state index is 0.0873. The highest BCUT2D eigenvalue weighted by molar-refractivity contribution is 6.04. The molecule has 0 spiro atoms. The molecule has 0 saturated carbocycles. The highest BCUT2D eigenvalue weighted by Crippen LogP contribution is 2.17. The standard InChI is InChI=1S/C11H6F6O3/c12-6-2-8(14)7(13)1-5(6)9(18)3-10(19)20-4-11(15,16)17/h1-3,19H,4H2/b10-3+. The second kappa shape index (κ2) is 5.85. The fourth-order valence-corrected chi connectivity index (χ4v) is 1.10. The molecule has 0 heterocycles. The molecule has 0 aromatic heterocycles. The first-order valence-corrected chi connectivity index (χ1v) is 4.89. The molecule has 0 aliphatic carbocycles. The summed E-state index contributed by atoms with van der Waals surface area (Å²) < 4.78 is 77.5. The zero-order chi connectivity index (χ0) is 15.5. The predicted octanol–water partition coefficient (Wildman–Crippen LogP) is 3.26. The topological polar surface area (TPSA) is 46.5 Å². The Kier molecular flexibility index (Phi) is 4.64. The van der Waals surface area contributed by atoms with E-state index in [9.17, 15) is 31.1 Å². The second-order valence-corrected chi connectivity index (χ2v) is 3.50. The van der Waals surface area contributed by atoms with Gasteiger partial charge >= 0.3 is 6.18 Å². The number of rotatable bonds is 4. The SMILES string of the molecule is O=C(/C=C(\O)OCC(F)(F)F)c1cc(F)c(F)cc1F. The number of aliphatic hydroxyl groups excluding tert-OH is 1. The number of allylic oxidation sites excluding steroid dienone is 1. The monoisotopic (exact) mass is 300 g/mol. The first kappa shape index (κ1) is 15.9. The lowest BCUT2D eigenvalue weighted by Gasteiger charge is -2.07. The summed E-state index contributed by atoms with van der Waals surface area (Å²) in [6.45, 7) is -1.87. The van der Waals surface area contributed by atoms with Crippen molar-refractivity contribution in [3.63, 3.8) is 0 Å². The highest BCUT2D eigenvalue weighted by Gasteiger charge is 2.29. The lowest BCUT2D eigenvalue weighted by molar-refractivity contribution is -0.173. The third kappa shape index (κ3) is 4.48. The summed E-state index contributed by atoms with van der Waals surface area (Å²) in [5.41, 5.74) is -0.967. The molecule has 9 heteroatoms. The second-order valence-electron chi connectivity index (χ2n) is 3.50. The molecule has 0 fully saturated rings. The van der Waals surface area contributed by atoms with Crippen LogP contribution in [-0.4, -0.2) is 23.7 Å². The fourth-order valence-electron chi connectivity index (χ4n) is 1.10. The van der Waals surface area contributed by atoms with Gasteiger partial charge in [0.1, 0.15) is 5.82 Å². The molecule has 0 saturated heterocycles. The smallest absolute Gasteiger partial charge is 0.422 e. The molecule has 0 unspecified atom stereocenters. The van der Waals surface area contributed by atoms with Crippen LogP contribution >= 0.6 is 0 Å². The molecule has 110 valence electrons. The number of benzene rings is 1. The van der Waals surface area contributed by atoms with E-state index in [0.717, 1.165) is 0 Å². The van der Waals surface area contributed by atoms with Crippen LogP contribution in [0.3, 0.4) is 0 Å². The van der Waals surface area contributed by atoms with Crippen LogP contribution in [0, 0.1) is 17.5 Å². The van der Waals surface area contributed by atoms with Crippen molar-refractivity contribution < 1.29 is 41.0 Å². The molecular formula is C11H6F6O3. The van der Waals surface area contributed by atoms with E-state index in [4.69, 9.17) is 5.11 Å². The molecule has 0 aliphatic heterocycles. The van der Waals surface area contributed by atoms with Gasteiger partial charge in [-0.3, -0.25) is 4.79 Å². The third-order valence-corrected chi connectivity index (χ3v) is 1.91. The average Bonchev–Trinajstić information content (AvgIpc) is 2.30. The van der Waals surface area contributed by atoms with Crippen LogP contribution in [0.1, 0.15) is 10.4 Å². The normalized spacial score (nSPS) is 12.4. The first-order chi connectivity index (χ1) is 9.10. The summed E-state index contributed by atoms with van der Waals surface area (Å²) >= 11 is 0. The number of hydrogen-bond acceptors (Lipinski definition) is 3. The zero-order valence-corrected chi connectivity index (χ0v) is 9.47. The van der Waals surface area contributed by atoms with Gasteiger partial charge in [-0.05, 0) is 6.07 Å². The summed E-state index contributed by atoms with van der Waals surface area (Å²) in [6.07, 6.45) is -4.64. The van der Waals surface area contributed by atoms with Gasteiger partial charge in [-0.25, -0.2) is 13.2 Å². The van der Waals surface area contributed by atoms with Gasteiger partial charge in [-0.2, -0.15) is 13.2 Å². The Bertz CT molecular complexity index is 550. The molecule has 0 radical (unpaired) electrons. The van der Waals surface area contributed by atoms with E-state index < -0.39 is 47.5 Å². The van der Waals surface area contributed by atoms with Gasteiger partial charge in [0.2, 0.25) is 0 Å². The summed E-state index contributed by atoms with van der Waals surface area (Å²) in [7, 11) is 0. The van der Waals surface area contributed by atoms with Gasteiger partial charge in [0.25, 0.3) is 5.95 Å². The van der Waals surface area contributed by atoms with Gasteiger partial charge in [0.15, 0.2) is 24.0 Å². The molecular weight excluding hydrogens is 294 g/mol. The maximum atomic E-state index is 13.1. The molecule has 0 bridgehead atoms. The van der Waals surface area contributed by atoms with Crippen molar-refractivity contribution in [2.24, 2.45) is 0 Å². The van der Waals surface area contributed by atoms with E-state index in [0.29, 0.717) is 0 Å². The van der Waals surface area contributed by atoms with Crippen LogP contribution in [0.4, 0.5) is 26.3 Å². The van der Waals surface area contributed by atoms with Gasteiger partial charge in [0.05, 0.1) is 11.6 Å². The number of carbonyl (C=O) groups excluding carboxylic acids is 1. The van der Waals surface area contributed by atoms with Crippen LogP contribution in [0.15, 0.2) is 24.2 Å². The van der Waals surface area contributed by atoms with E-state index in [1.807, 2.05) is 0 Å². The van der Waals surface area contributed by atoms with Crippen molar-refractivity contribution in [1.82, 2.24) is 0 Å². The minimum Gasteiger partial charge on any atom is -0.481 e. The zero-order valence-electron chi connectivity index (χ0n) is 9.47. The van der Waals surface area contributed by atoms with E-state index in [1.54, 1.807) is 0 Å². The maximum Gasteiger partial charge on any atom is 0.422 e. The van der Waals surface area contributed by atoms with Crippen LogP contribution in [0.5, 0.6) is 0 Å². The molecule has 1 aromatic carbocycles. The molecule has 1 N–H and O–H groups in total. The highest BCUT2D eigenvalue weighted by atomic mass is 19.4. The first-order valence-electron chi connectivity index (χ1n) is 4.89. The summed E-state index contributed by atoms with van der Waals surface area (Å²) in [5, 5.41) is 8.89. The fraction of sp³-hybridized carbons (Fsp3) is 0.182. The lowest BCUT2D eigenvalue weighted by Crippen LogP contribution is -2.17. The van der Waals surface area contributed by atoms with E-state index in [2.05, 4.69) is 4.74 Å². The Labute approximate surface area is 108 Å². The number of alkyl halides is 3. The average molecular weight is 300 g/mol. The number of carbonyl (C=O) groups is 1. The van der Waals surface area contributed by atoms with Crippen molar-refractivity contribution >= 4 is 5.78 Å². The molecule has 0 aliphatic rings. The van der Waals surface area contributed by atoms with Crippen LogP contribution in [0.25, 0.3) is 0 Å². The van der Waals surface area contributed by atoms with E-state index in [1.165, 1.54) is 0 Å². The maximum absolute atomic E-state index is 13.1. The molecule has 0 atom stereocenters. The van der Waals surface area contributed by atoms with Gasteiger partial charge < -0.3 is 9.84 Å². The lowest BCUT2D eigenvalue weighted by atomic mass is 10.1. The van der Waals surface area contributed by atoms with E-state index >= 15 is 0 Å². The summed E-state index contributed by atoms with van der Waals surface area (Å²) in [5.74, 6) is -7.33. The molecule has 1 aromatic rings. The van der Waals surface area contributed by atoms with Gasteiger partial charge in [0, 0.05) is 6.07 Å². The quantitative estimate of drug-likeness (QED) is 0.305. The van der Waals surface area contributed by atoms with Gasteiger partial charge in [-0.15, -0.1) is 0 Å². The Morgan fingerprint density at radius 3 is 2.25 bits per heavy atom. The number of hydrogen-bond donors (Lipinski definition) is 1. The minimum atomic E-state index is -4.75. The molecule has 0 amide bonds. The Hall–Kier alpha value is -2.19. The van der Waals surface area contributed by atoms with Crippen molar-refractivity contribution in [1.29, 1.82) is 0 Å². The summed E-state index contributed by atoms with van der Waals surface area (Å²) in [4.78, 5) is 11.3. The Morgan fingerprint density at radius 1 is 1.15 bits per heavy atom. The molecule has 20 heavy (non-hydrogen) atoms. The number of aliphatic hydroxyl groups is 1. The van der Waals surface area contributed by atoms with Crippen LogP contribution in [-0.2, 0) is 4.74 Å². The van der Waals surface area contributed by atoms with Crippen molar-refractivity contribution in [3.05, 3.63) is 47.2 Å². The number of halogens is 6. The van der Waals surface area contributed by atoms with E-state index in [-0.39, 0.29) is 18.2 Å². The third-order valence-electron chi connectivity index (χ3n) is 1.91. The Balaban J connectivity index is 2.88. The molecule has 3 nitrogen and oxygen atoms in total. The van der Waals surface area contributed by atoms with Crippen LogP contribution in [0.2, 0.25) is 0 Å². The Morgan fingerprint density at radius 2 is 1.70 bits per heavy atom. The largest absolute Gasteiger partial charge is 0.481 e. The number of ether oxygens (including phenoxy) is 1. The summed E-state index contributed by atoms with van der Waals surface area (Å²) in [6, 6.07) is 0.296. The van der Waals surface area contributed by atoms with Crippen molar-refractivity contribution in [2.75, 3.05) is 6.61 Å².